The van der Waals surface area contributed by atoms with Gasteiger partial charge in [-0.15, -0.1) is 0 Å². The summed E-state index contributed by atoms with van der Waals surface area (Å²) >= 11 is 0. The number of amides is 1. The van der Waals surface area contributed by atoms with Crippen LogP contribution in [0.25, 0.3) is 0 Å². The standard InChI is InChI=1S/C16H18N2O3/c1-2-21-16(20)18-11-9-17(10-12-18)15-7-5-14(6-8-15)4-3-13-19/h5-8,13H,2,9-12H2,1H3. The number of anilines is 1. The lowest BCUT2D eigenvalue weighted by Crippen LogP contribution is -2.49. The molecule has 0 aliphatic carbocycles. The van der Waals surface area contributed by atoms with E-state index in [-0.39, 0.29) is 6.09 Å². The van der Waals surface area contributed by atoms with E-state index >= 15 is 0 Å². The van der Waals surface area contributed by atoms with Gasteiger partial charge in [0.05, 0.1) is 6.61 Å². The number of aldehydes is 1. The Hall–Kier alpha value is -2.48. The molecule has 1 fully saturated rings. The van der Waals surface area contributed by atoms with Gasteiger partial charge in [-0.05, 0) is 37.1 Å². The van der Waals surface area contributed by atoms with Crippen LogP contribution in [0.2, 0.25) is 0 Å². The van der Waals surface area contributed by atoms with Gasteiger partial charge in [-0.25, -0.2) is 4.79 Å². The van der Waals surface area contributed by atoms with Crippen molar-refractivity contribution in [1.29, 1.82) is 0 Å². The van der Waals surface area contributed by atoms with E-state index in [0.29, 0.717) is 26.0 Å². The van der Waals surface area contributed by atoms with Gasteiger partial charge in [0.25, 0.3) is 0 Å². The van der Waals surface area contributed by atoms with Crippen molar-refractivity contribution in [2.24, 2.45) is 0 Å². The predicted molar refractivity (Wildman–Crippen MR) is 80.2 cm³/mol. The Kier molecular flexibility index (Phi) is 5.22. The van der Waals surface area contributed by atoms with E-state index in [9.17, 15) is 9.59 Å². The monoisotopic (exact) mass is 286 g/mol. The van der Waals surface area contributed by atoms with Crippen LogP contribution in [0.15, 0.2) is 24.3 Å². The smallest absolute Gasteiger partial charge is 0.409 e. The summed E-state index contributed by atoms with van der Waals surface area (Å²) in [7, 11) is 0. The van der Waals surface area contributed by atoms with Gasteiger partial charge in [0.15, 0.2) is 6.29 Å². The molecule has 0 bridgehead atoms. The number of hydrogen-bond donors (Lipinski definition) is 0. The Balaban J connectivity index is 1.93. The molecule has 0 atom stereocenters. The Morgan fingerprint density at radius 2 is 1.90 bits per heavy atom. The molecule has 1 aromatic rings. The number of piperazine rings is 1. The largest absolute Gasteiger partial charge is 0.450 e. The number of rotatable bonds is 2. The average Bonchev–Trinajstić information content (AvgIpc) is 2.54. The number of ether oxygens (including phenoxy) is 1. The number of nitrogens with zero attached hydrogens (tertiary/aromatic N) is 2. The zero-order chi connectivity index (χ0) is 15.1. The summed E-state index contributed by atoms with van der Waals surface area (Å²) in [5.41, 5.74) is 1.91. The maximum absolute atomic E-state index is 11.6. The van der Waals surface area contributed by atoms with E-state index < -0.39 is 0 Å². The molecule has 5 heteroatoms. The molecular formula is C16H18N2O3. The molecule has 0 N–H and O–H groups in total. The highest BCUT2D eigenvalue weighted by molar-refractivity contribution is 5.74. The summed E-state index contributed by atoms with van der Waals surface area (Å²) in [6.07, 6.45) is 0.347. The summed E-state index contributed by atoms with van der Waals surface area (Å²) in [5, 5.41) is 0. The molecule has 1 heterocycles. The first-order valence-electron chi connectivity index (χ1n) is 6.96. The zero-order valence-electron chi connectivity index (χ0n) is 12.0. The maximum atomic E-state index is 11.6. The van der Waals surface area contributed by atoms with E-state index in [1.165, 1.54) is 0 Å². The van der Waals surface area contributed by atoms with Gasteiger partial charge in [-0.1, -0.05) is 5.92 Å². The molecule has 0 saturated carbocycles. The van der Waals surface area contributed by atoms with Crippen LogP contribution in [0.1, 0.15) is 12.5 Å². The molecule has 0 aromatic heterocycles. The van der Waals surface area contributed by atoms with Crippen molar-refractivity contribution in [2.45, 2.75) is 6.92 Å². The summed E-state index contributed by atoms with van der Waals surface area (Å²) in [6.45, 7) is 5.08. The van der Waals surface area contributed by atoms with Crippen LogP contribution in [0.3, 0.4) is 0 Å². The van der Waals surface area contributed by atoms with E-state index in [1.54, 1.807) is 4.90 Å². The van der Waals surface area contributed by atoms with Crippen LogP contribution >= 0.6 is 0 Å². The van der Waals surface area contributed by atoms with Gasteiger partial charge in [0.1, 0.15) is 0 Å². The van der Waals surface area contributed by atoms with E-state index in [2.05, 4.69) is 16.7 Å². The van der Waals surface area contributed by atoms with Crippen LogP contribution in [0.4, 0.5) is 10.5 Å². The topological polar surface area (TPSA) is 49.9 Å². The second-order valence-electron chi connectivity index (χ2n) is 4.61. The maximum Gasteiger partial charge on any atom is 0.409 e. The molecule has 0 spiro atoms. The first kappa shape index (κ1) is 14.9. The molecule has 1 aliphatic heterocycles. The lowest BCUT2D eigenvalue weighted by molar-refractivity contribution is -0.103. The molecule has 21 heavy (non-hydrogen) atoms. The minimum Gasteiger partial charge on any atom is -0.450 e. The lowest BCUT2D eigenvalue weighted by Gasteiger charge is -2.35. The van der Waals surface area contributed by atoms with Crippen molar-refractivity contribution in [3.05, 3.63) is 29.8 Å². The Morgan fingerprint density at radius 3 is 2.48 bits per heavy atom. The molecule has 110 valence electrons. The normalized spacial score (nSPS) is 14.1. The number of carbonyl (C=O) groups excluding carboxylic acids is 2. The number of benzene rings is 1. The third-order valence-electron chi connectivity index (χ3n) is 3.31. The van der Waals surface area contributed by atoms with Gasteiger partial charge in [-0.2, -0.15) is 0 Å². The summed E-state index contributed by atoms with van der Waals surface area (Å²) in [4.78, 5) is 25.8. The van der Waals surface area contributed by atoms with Crippen LogP contribution in [0, 0.1) is 11.8 Å². The lowest BCUT2D eigenvalue weighted by atomic mass is 10.2. The van der Waals surface area contributed by atoms with E-state index in [1.807, 2.05) is 31.2 Å². The molecule has 1 aliphatic rings. The van der Waals surface area contributed by atoms with Gasteiger partial charge < -0.3 is 14.5 Å². The fourth-order valence-electron chi connectivity index (χ4n) is 2.23. The van der Waals surface area contributed by atoms with Gasteiger partial charge in [0, 0.05) is 37.4 Å². The van der Waals surface area contributed by atoms with Gasteiger partial charge in [-0.3, -0.25) is 4.79 Å². The van der Waals surface area contributed by atoms with Crippen LogP contribution in [0.5, 0.6) is 0 Å². The fourth-order valence-corrected chi connectivity index (χ4v) is 2.23. The van der Waals surface area contributed by atoms with Crippen LogP contribution in [-0.4, -0.2) is 50.1 Å². The molecule has 1 aromatic carbocycles. The van der Waals surface area contributed by atoms with Crippen molar-refractivity contribution in [3.8, 4) is 11.8 Å². The molecular weight excluding hydrogens is 268 g/mol. The fraction of sp³-hybridized carbons (Fsp3) is 0.375. The summed E-state index contributed by atoms with van der Waals surface area (Å²) in [6, 6.07) is 7.75. The second-order valence-corrected chi connectivity index (χ2v) is 4.61. The molecule has 0 radical (unpaired) electrons. The third-order valence-corrected chi connectivity index (χ3v) is 3.31. The SMILES string of the molecule is CCOC(=O)N1CCN(c2ccc(C#CC=O)cc2)CC1. The van der Waals surface area contributed by atoms with Crippen LogP contribution in [-0.2, 0) is 9.53 Å². The van der Waals surface area contributed by atoms with Crippen molar-refractivity contribution >= 4 is 18.1 Å². The molecule has 0 unspecified atom stereocenters. The predicted octanol–water partition coefficient (Wildman–Crippen LogP) is 1.52. The van der Waals surface area contributed by atoms with Crippen molar-refractivity contribution in [3.63, 3.8) is 0 Å². The first-order chi connectivity index (χ1) is 10.2. The van der Waals surface area contributed by atoms with E-state index in [0.717, 1.165) is 24.3 Å². The number of carbonyl (C=O) groups is 2. The highest BCUT2D eigenvalue weighted by atomic mass is 16.6. The Morgan fingerprint density at radius 1 is 1.24 bits per heavy atom. The average molecular weight is 286 g/mol. The second kappa shape index (κ2) is 7.34. The molecule has 1 amide bonds. The van der Waals surface area contributed by atoms with Crippen molar-refractivity contribution in [2.75, 3.05) is 37.7 Å². The highest BCUT2D eigenvalue weighted by Gasteiger charge is 2.21. The first-order valence-corrected chi connectivity index (χ1v) is 6.96. The summed E-state index contributed by atoms with van der Waals surface area (Å²) in [5.74, 6) is 5.15. The number of hydrogen-bond acceptors (Lipinski definition) is 4. The zero-order valence-corrected chi connectivity index (χ0v) is 12.0. The van der Waals surface area contributed by atoms with Crippen molar-refractivity contribution in [1.82, 2.24) is 4.90 Å². The minimum absolute atomic E-state index is 0.239. The van der Waals surface area contributed by atoms with Crippen LogP contribution < -0.4 is 4.90 Å². The van der Waals surface area contributed by atoms with E-state index in [4.69, 9.17) is 4.74 Å². The van der Waals surface area contributed by atoms with Gasteiger partial charge in [0.2, 0.25) is 0 Å². The Bertz CT molecular complexity index is 549. The minimum atomic E-state index is -0.239. The van der Waals surface area contributed by atoms with Gasteiger partial charge >= 0.3 is 6.09 Å². The highest BCUT2D eigenvalue weighted by Crippen LogP contribution is 2.17. The van der Waals surface area contributed by atoms with Crippen molar-refractivity contribution < 1.29 is 14.3 Å². The third kappa shape index (κ3) is 3.99. The molecule has 2 rings (SSSR count). The Labute approximate surface area is 124 Å². The quantitative estimate of drug-likeness (QED) is 0.611. The molecule has 5 nitrogen and oxygen atoms in total. The summed E-state index contributed by atoms with van der Waals surface area (Å²) < 4.78 is 5.00. The molecule has 1 saturated heterocycles.